The molecule has 172 valence electrons. The van der Waals surface area contributed by atoms with E-state index in [1.807, 2.05) is 42.5 Å². The van der Waals surface area contributed by atoms with Gasteiger partial charge in [-0.3, -0.25) is 9.59 Å². The Hall–Kier alpha value is -5.05. The highest BCUT2D eigenvalue weighted by Crippen LogP contribution is 2.28. The summed E-state index contributed by atoms with van der Waals surface area (Å²) in [6, 6.07) is 21.4. The number of carbonyl (C=O) groups excluding carboxylic acids is 1. The van der Waals surface area contributed by atoms with Crippen LogP contribution in [0.5, 0.6) is 5.75 Å². The molecular formula is C26H19N5O4. The Bertz CT molecular complexity index is 1570. The van der Waals surface area contributed by atoms with Crippen LogP contribution in [-0.4, -0.2) is 33.0 Å². The number of rotatable bonds is 7. The molecule has 9 nitrogen and oxygen atoms in total. The first-order chi connectivity index (χ1) is 17.1. The third kappa shape index (κ3) is 4.42. The molecule has 0 atom stereocenters. The van der Waals surface area contributed by atoms with E-state index in [9.17, 15) is 9.59 Å². The zero-order valence-electron chi connectivity index (χ0n) is 18.3. The highest BCUT2D eigenvalue weighted by atomic mass is 16.5. The van der Waals surface area contributed by atoms with Gasteiger partial charge in [-0.1, -0.05) is 42.5 Å². The average Bonchev–Trinajstić information content (AvgIpc) is 3.44. The maximum Gasteiger partial charge on any atom is 0.242 e. The van der Waals surface area contributed by atoms with E-state index in [1.54, 1.807) is 42.5 Å². The van der Waals surface area contributed by atoms with Crippen LogP contribution in [0.25, 0.3) is 28.6 Å². The van der Waals surface area contributed by atoms with Gasteiger partial charge < -0.3 is 14.9 Å². The zero-order valence-corrected chi connectivity index (χ0v) is 18.3. The van der Waals surface area contributed by atoms with Crippen molar-refractivity contribution in [3.05, 3.63) is 106 Å². The van der Waals surface area contributed by atoms with E-state index < -0.39 is 5.43 Å². The molecule has 3 N–H and O–H groups in total. The lowest BCUT2D eigenvalue weighted by atomic mass is 10.0. The first kappa shape index (κ1) is 21.8. The molecular weight excluding hydrogens is 446 g/mol. The number of nitrogens with two attached hydrogens (primary N) is 1. The van der Waals surface area contributed by atoms with Crippen molar-refractivity contribution >= 4 is 28.5 Å². The highest BCUT2D eigenvalue weighted by Gasteiger charge is 2.21. The number of hydrogen-bond donors (Lipinski definition) is 2. The number of ether oxygens (including phenoxy) is 1. The number of para-hydroxylation sites is 1. The number of nitrogen functional groups attached to an aromatic ring is 1. The zero-order chi connectivity index (χ0) is 24.2. The predicted molar refractivity (Wildman–Crippen MR) is 131 cm³/mol. The lowest BCUT2D eigenvalue weighted by Crippen LogP contribution is -2.12. The van der Waals surface area contributed by atoms with Crippen molar-refractivity contribution in [1.82, 2.24) is 20.6 Å². The van der Waals surface area contributed by atoms with Crippen LogP contribution in [-0.2, 0) is 0 Å². The molecule has 0 saturated heterocycles. The molecule has 0 aliphatic heterocycles. The van der Waals surface area contributed by atoms with Gasteiger partial charge in [-0.25, -0.2) is 0 Å². The van der Waals surface area contributed by atoms with E-state index in [0.29, 0.717) is 17.9 Å². The van der Waals surface area contributed by atoms with Crippen molar-refractivity contribution in [2.75, 3.05) is 12.3 Å². The van der Waals surface area contributed by atoms with E-state index in [0.717, 1.165) is 5.56 Å². The Morgan fingerprint density at radius 1 is 1.03 bits per heavy atom. The Labute approximate surface area is 198 Å². The molecule has 0 spiro atoms. The van der Waals surface area contributed by atoms with Crippen LogP contribution < -0.4 is 15.9 Å². The van der Waals surface area contributed by atoms with Gasteiger partial charge in [0.25, 0.3) is 0 Å². The molecule has 0 radical (unpaired) electrons. The molecule has 0 saturated carbocycles. The summed E-state index contributed by atoms with van der Waals surface area (Å²) in [7, 11) is 0. The molecule has 2 heterocycles. The Kier molecular flexibility index (Phi) is 5.87. The lowest BCUT2D eigenvalue weighted by Gasteiger charge is -2.09. The third-order valence-corrected chi connectivity index (χ3v) is 5.32. The number of aromatic nitrogens is 4. The van der Waals surface area contributed by atoms with E-state index in [2.05, 4.69) is 20.6 Å². The van der Waals surface area contributed by atoms with Gasteiger partial charge in [-0.15, -0.1) is 10.2 Å². The van der Waals surface area contributed by atoms with Crippen LogP contribution >= 0.6 is 0 Å². The quantitative estimate of drug-likeness (QED) is 0.346. The van der Waals surface area contributed by atoms with Gasteiger partial charge >= 0.3 is 0 Å². The molecule has 0 aliphatic rings. The standard InChI is InChI=1S/C26H19N5O4/c27-21-23(33)20-10-4-9-19(24(20)35-25(21)26-28-30-31-29-26)22(32)17-11-13-18(14-12-17)34-15-5-8-16-6-2-1-3-7-16/h1-14H,15,27H2,(H,28,29,30,31)/b8-5+. The number of benzene rings is 3. The van der Waals surface area contributed by atoms with Crippen LogP contribution in [0.3, 0.4) is 0 Å². The number of hydrogen-bond acceptors (Lipinski definition) is 8. The highest BCUT2D eigenvalue weighted by molar-refractivity contribution is 6.15. The van der Waals surface area contributed by atoms with E-state index in [4.69, 9.17) is 14.9 Å². The van der Waals surface area contributed by atoms with E-state index in [1.165, 1.54) is 0 Å². The largest absolute Gasteiger partial charge is 0.490 e. The number of tetrazole rings is 1. The van der Waals surface area contributed by atoms with E-state index >= 15 is 0 Å². The normalized spacial score (nSPS) is 11.2. The summed E-state index contributed by atoms with van der Waals surface area (Å²) in [5.74, 6) is 0.268. The maximum atomic E-state index is 13.3. The number of carbonyl (C=O) groups is 1. The monoisotopic (exact) mass is 465 g/mol. The summed E-state index contributed by atoms with van der Waals surface area (Å²) in [6.07, 6.45) is 3.89. The lowest BCUT2D eigenvalue weighted by molar-refractivity contribution is 0.103. The van der Waals surface area contributed by atoms with Crippen LogP contribution in [0.4, 0.5) is 5.69 Å². The second kappa shape index (κ2) is 9.44. The third-order valence-electron chi connectivity index (χ3n) is 5.32. The smallest absolute Gasteiger partial charge is 0.242 e. The number of H-pyrrole nitrogens is 1. The topological polar surface area (TPSA) is 137 Å². The van der Waals surface area contributed by atoms with E-state index in [-0.39, 0.29) is 39.6 Å². The molecule has 5 aromatic rings. The average molecular weight is 465 g/mol. The van der Waals surface area contributed by atoms with Gasteiger partial charge in [0.2, 0.25) is 17.0 Å². The maximum absolute atomic E-state index is 13.3. The number of nitrogens with zero attached hydrogens (tertiary/aromatic N) is 3. The van der Waals surface area contributed by atoms with Crippen molar-refractivity contribution in [1.29, 1.82) is 0 Å². The van der Waals surface area contributed by atoms with Gasteiger partial charge in [-0.2, -0.15) is 5.21 Å². The minimum absolute atomic E-state index is 0.0200. The van der Waals surface area contributed by atoms with Gasteiger partial charge in [0.15, 0.2) is 5.78 Å². The molecule has 0 unspecified atom stereocenters. The van der Waals surface area contributed by atoms with Crippen molar-refractivity contribution < 1.29 is 13.9 Å². The van der Waals surface area contributed by atoms with Crippen LogP contribution in [0.1, 0.15) is 21.5 Å². The van der Waals surface area contributed by atoms with Crippen molar-refractivity contribution in [2.45, 2.75) is 0 Å². The SMILES string of the molecule is Nc1c(-c2nn[nH]n2)oc2c(C(=O)c3ccc(OC/C=C/c4ccccc4)cc3)cccc2c1=O. The Morgan fingerprint density at radius 3 is 2.57 bits per heavy atom. The van der Waals surface area contributed by atoms with Gasteiger partial charge in [0.05, 0.1) is 10.9 Å². The molecule has 2 aromatic heterocycles. The predicted octanol–water partition coefficient (Wildman–Crippen LogP) is 3.88. The first-order valence-corrected chi connectivity index (χ1v) is 10.7. The second-order valence-corrected chi connectivity index (χ2v) is 7.57. The second-order valence-electron chi connectivity index (χ2n) is 7.57. The van der Waals surface area contributed by atoms with Crippen LogP contribution in [0.2, 0.25) is 0 Å². The number of ketones is 1. The van der Waals surface area contributed by atoms with Crippen LogP contribution in [0.15, 0.2) is 88.1 Å². The van der Waals surface area contributed by atoms with Crippen molar-refractivity contribution in [3.8, 4) is 17.3 Å². The minimum atomic E-state index is -0.479. The molecule has 5 rings (SSSR count). The van der Waals surface area contributed by atoms with Crippen molar-refractivity contribution in [2.24, 2.45) is 0 Å². The fraction of sp³-hybridized carbons (Fsp3) is 0.0385. The molecule has 0 bridgehead atoms. The van der Waals surface area contributed by atoms with Crippen LogP contribution in [0, 0.1) is 0 Å². The molecule has 35 heavy (non-hydrogen) atoms. The summed E-state index contributed by atoms with van der Waals surface area (Å²) in [4.78, 5) is 26.1. The molecule has 0 amide bonds. The van der Waals surface area contributed by atoms with Gasteiger partial charge in [0, 0.05) is 5.56 Å². The Balaban J connectivity index is 1.39. The summed E-state index contributed by atoms with van der Waals surface area (Å²) in [6.45, 7) is 0.386. The number of aromatic amines is 1. The molecule has 9 heteroatoms. The molecule has 0 aliphatic carbocycles. The van der Waals surface area contributed by atoms with Crippen molar-refractivity contribution in [3.63, 3.8) is 0 Å². The summed E-state index contributed by atoms with van der Waals surface area (Å²) < 4.78 is 11.6. The van der Waals surface area contributed by atoms with Gasteiger partial charge in [0.1, 0.15) is 23.6 Å². The fourth-order valence-corrected chi connectivity index (χ4v) is 3.58. The summed E-state index contributed by atoms with van der Waals surface area (Å²) >= 11 is 0. The summed E-state index contributed by atoms with van der Waals surface area (Å²) in [5, 5.41) is 13.6. The fourth-order valence-electron chi connectivity index (χ4n) is 3.58. The minimum Gasteiger partial charge on any atom is -0.490 e. The number of anilines is 1. The van der Waals surface area contributed by atoms with Gasteiger partial charge in [-0.05, 0) is 53.3 Å². The molecule has 0 fully saturated rings. The Morgan fingerprint density at radius 2 is 1.83 bits per heavy atom. The summed E-state index contributed by atoms with van der Waals surface area (Å²) in [5.41, 5.74) is 7.11. The molecule has 3 aromatic carbocycles. The number of fused-ring (bicyclic) bond motifs is 1. The first-order valence-electron chi connectivity index (χ1n) is 10.7. The number of nitrogens with one attached hydrogen (secondary N) is 1.